The lowest BCUT2D eigenvalue weighted by Crippen LogP contribution is -2.25. The van der Waals surface area contributed by atoms with Gasteiger partial charge in [-0.05, 0) is 32.0 Å². The van der Waals surface area contributed by atoms with E-state index in [-0.39, 0.29) is 22.7 Å². The SMILES string of the molecule is CCNC(=O)c1ccccc1NC(=O)c1cccc([N+](=O)[O-])c1C. The van der Waals surface area contributed by atoms with Crippen LogP contribution in [-0.4, -0.2) is 23.3 Å². The van der Waals surface area contributed by atoms with E-state index < -0.39 is 10.8 Å². The average molecular weight is 327 g/mol. The van der Waals surface area contributed by atoms with E-state index >= 15 is 0 Å². The standard InChI is InChI=1S/C17H17N3O4/c1-3-18-16(21)13-7-4-5-9-14(13)19-17(22)12-8-6-10-15(11(12)2)20(23)24/h4-10H,3H2,1-2H3,(H,18,21)(H,19,22). The number of nitrogens with zero attached hydrogens (tertiary/aromatic N) is 1. The zero-order valence-electron chi connectivity index (χ0n) is 13.3. The molecule has 0 aliphatic carbocycles. The number of hydrogen-bond donors (Lipinski definition) is 2. The molecule has 0 saturated heterocycles. The number of hydrogen-bond acceptors (Lipinski definition) is 4. The van der Waals surface area contributed by atoms with Gasteiger partial charge in [0.15, 0.2) is 0 Å². The normalized spacial score (nSPS) is 10.1. The minimum absolute atomic E-state index is 0.125. The van der Waals surface area contributed by atoms with Gasteiger partial charge in [0.05, 0.1) is 16.2 Å². The third-order valence-electron chi connectivity index (χ3n) is 3.50. The van der Waals surface area contributed by atoms with E-state index in [0.29, 0.717) is 17.8 Å². The minimum Gasteiger partial charge on any atom is -0.352 e. The molecule has 124 valence electrons. The molecule has 2 aromatic rings. The topological polar surface area (TPSA) is 101 Å². The minimum atomic E-state index is -0.533. The summed E-state index contributed by atoms with van der Waals surface area (Å²) in [6.45, 7) is 3.78. The van der Waals surface area contributed by atoms with Crippen LogP contribution in [0.5, 0.6) is 0 Å². The molecule has 24 heavy (non-hydrogen) atoms. The molecule has 0 heterocycles. The van der Waals surface area contributed by atoms with E-state index in [4.69, 9.17) is 0 Å². The third-order valence-corrected chi connectivity index (χ3v) is 3.50. The van der Waals surface area contributed by atoms with Gasteiger partial charge in [-0.1, -0.05) is 18.2 Å². The fourth-order valence-corrected chi connectivity index (χ4v) is 2.30. The summed E-state index contributed by atoms with van der Waals surface area (Å²) in [7, 11) is 0. The second-order valence-electron chi connectivity index (χ2n) is 5.07. The molecule has 0 aliphatic rings. The summed E-state index contributed by atoms with van der Waals surface area (Å²) in [5, 5.41) is 16.3. The number of para-hydroxylation sites is 1. The summed E-state index contributed by atoms with van der Waals surface area (Å²) in [5.41, 5.74) is 1.01. The van der Waals surface area contributed by atoms with Crippen LogP contribution in [0.1, 0.15) is 33.2 Å². The Labute approximate surface area is 138 Å². The number of anilines is 1. The highest BCUT2D eigenvalue weighted by Crippen LogP contribution is 2.23. The number of carbonyl (C=O) groups excluding carboxylic acids is 2. The van der Waals surface area contributed by atoms with Crippen LogP contribution in [0.2, 0.25) is 0 Å². The van der Waals surface area contributed by atoms with Gasteiger partial charge in [0.2, 0.25) is 0 Å². The highest BCUT2D eigenvalue weighted by atomic mass is 16.6. The van der Waals surface area contributed by atoms with E-state index in [0.717, 1.165) is 0 Å². The molecule has 0 unspecified atom stereocenters. The van der Waals surface area contributed by atoms with E-state index in [1.165, 1.54) is 25.1 Å². The first-order valence-corrected chi connectivity index (χ1v) is 7.38. The van der Waals surface area contributed by atoms with Gasteiger partial charge in [-0.3, -0.25) is 19.7 Å². The van der Waals surface area contributed by atoms with Crippen LogP contribution in [0.15, 0.2) is 42.5 Å². The molecule has 2 rings (SSSR count). The van der Waals surface area contributed by atoms with Gasteiger partial charge in [-0.15, -0.1) is 0 Å². The molecule has 0 radical (unpaired) electrons. The van der Waals surface area contributed by atoms with Crippen molar-refractivity contribution in [2.45, 2.75) is 13.8 Å². The van der Waals surface area contributed by atoms with E-state index in [1.807, 2.05) is 0 Å². The highest BCUT2D eigenvalue weighted by Gasteiger charge is 2.19. The van der Waals surface area contributed by atoms with Crippen LogP contribution in [-0.2, 0) is 0 Å². The lowest BCUT2D eigenvalue weighted by Gasteiger charge is -2.12. The zero-order valence-corrected chi connectivity index (χ0v) is 13.3. The van der Waals surface area contributed by atoms with Gasteiger partial charge in [-0.2, -0.15) is 0 Å². The lowest BCUT2D eigenvalue weighted by molar-refractivity contribution is -0.385. The van der Waals surface area contributed by atoms with Gasteiger partial charge in [0.1, 0.15) is 0 Å². The largest absolute Gasteiger partial charge is 0.352 e. The number of carbonyl (C=O) groups is 2. The van der Waals surface area contributed by atoms with Crippen molar-refractivity contribution in [3.05, 3.63) is 69.3 Å². The number of nitro benzene ring substituents is 1. The van der Waals surface area contributed by atoms with Crippen LogP contribution >= 0.6 is 0 Å². The molecule has 0 bridgehead atoms. The molecular weight excluding hydrogens is 310 g/mol. The van der Waals surface area contributed by atoms with Gasteiger partial charge in [-0.25, -0.2) is 0 Å². The van der Waals surface area contributed by atoms with Crippen molar-refractivity contribution in [2.24, 2.45) is 0 Å². The van der Waals surface area contributed by atoms with E-state index in [2.05, 4.69) is 10.6 Å². The second kappa shape index (κ2) is 7.36. The molecule has 7 heteroatoms. The lowest BCUT2D eigenvalue weighted by atomic mass is 10.1. The third kappa shape index (κ3) is 3.57. The molecule has 0 aromatic heterocycles. The molecule has 0 spiro atoms. The molecular formula is C17H17N3O4. The molecule has 2 N–H and O–H groups in total. The van der Waals surface area contributed by atoms with Gasteiger partial charge in [0, 0.05) is 23.7 Å². The van der Waals surface area contributed by atoms with Gasteiger partial charge >= 0.3 is 0 Å². The van der Waals surface area contributed by atoms with Crippen LogP contribution in [0.25, 0.3) is 0 Å². The molecule has 0 atom stereocenters. The van der Waals surface area contributed by atoms with Crippen LogP contribution in [0, 0.1) is 17.0 Å². The quantitative estimate of drug-likeness (QED) is 0.651. The second-order valence-corrected chi connectivity index (χ2v) is 5.07. The number of benzene rings is 2. The Morgan fingerprint density at radius 1 is 1.04 bits per heavy atom. The first-order valence-electron chi connectivity index (χ1n) is 7.38. The first kappa shape index (κ1) is 17.1. The summed E-state index contributed by atoms with van der Waals surface area (Å²) >= 11 is 0. The van der Waals surface area contributed by atoms with Crippen molar-refractivity contribution < 1.29 is 14.5 Å². The summed E-state index contributed by atoms with van der Waals surface area (Å²) in [6, 6.07) is 10.9. The number of rotatable bonds is 5. The van der Waals surface area contributed by atoms with Crippen molar-refractivity contribution in [1.82, 2.24) is 5.32 Å². The predicted molar refractivity (Wildman–Crippen MR) is 90.2 cm³/mol. The van der Waals surface area contributed by atoms with E-state index in [9.17, 15) is 19.7 Å². The van der Waals surface area contributed by atoms with Crippen LogP contribution in [0.3, 0.4) is 0 Å². The fourth-order valence-electron chi connectivity index (χ4n) is 2.30. The number of nitrogens with one attached hydrogen (secondary N) is 2. The summed E-state index contributed by atoms with van der Waals surface area (Å²) in [5.74, 6) is -0.808. The van der Waals surface area contributed by atoms with E-state index in [1.54, 1.807) is 31.2 Å². The fraction of sp³-hybridized carbons (Fsp3) is 0.176. The maximum absolute atomic E-state index is 12.5. The molecule has 0 fully saturated rings. The zero-order chi connectivity index (χ0) is 17.7. The number of amides is 2. The average Bonchev–Trinajstić information content (AvgIpc) is 2.55. The highest BCUT2D eigenvalue weighted by molar-refractivity contribution is 6.09. The van der Waals surface area contributed by atoms with Crippen molar-refractivity contribution in [1.29, 1.82) is 0 Å². The van der Waals surface area contributed by atoms with Crippen molar-refractivity contribution in [3.63, 3.8) is 0 Å². The Balaban J connectivity index is 2.33. The molecule has 2 amide bonds. The summed E-state index contributed by atoms with van der Waals surface area (Å²) in [4.78, 5) is 35.0. The first-order chi connectivity index (χ1) is 11.5. The van der Waals surface area contributed by atoms with Crippen LogP contribution in [0.4, 0.5) is 11.4 Å². The van der Waals surface area contributed by atoms with Gasteiger partial charge in [0.25, 0.3) is 17.5 Å². The van der Waals surface area contributed by atoms with Gasteiger partial charge < -0.3 is 10.6 Å². The van der Waals surface area contributed by atoms with Crippen molar-refractivity contribution in [2.75, 3.05) is 11.9 Å². The smallest absolute Gasteiger partial charge is 0.273 e. The number of nitro groups is 1. The Kier molecular flexibility index (Phi) is 5.26. The summed E-state index contributed by atoms with van der Waals surface area (Å²) < 4.78 is 0. The maximum Gasteiger partial charge on any atom is 0.273 e. The molecule has 2 aromatic carbocycles. The maximum atomic E-state index is 12.5. The monoisotopic (exact) mass is 327 g/mol. The Hall–Kier alpha value is -3.22. The van der Waals surface area contributed by atoms with Crippen molar-refractivity contribution >= 4 is 23.2 Å². The van der Waals surface area contributed by atoms with Crippen LogP contribution < -0.4 is 10.6 Å². The molecule has 7 nitrogen and oxygen atoms in total. The Morgan fingerprint density at radius 3 is 2.38 bits per heavy atom. The Bertz CT molecular complexity index is 802. The molecule has 0 aliphatic heterocycles. The Morgan fingerprint density at radius 2 is 1.71 bits per heavy atom. The van der Waals surface area contributed by atoms with Crippen molar-refractivity contribution in [3.8, 4) is 0 Å². The summed E-state index contributed by atoms with van der Waals surface area (Å²) in [6.07, 6.45) is 0. The predicted octanol–water partition coefficient (Wildman–Crippen LogP) is 2.91. The molecule has 0 saturated carbocycles.